The van der Waals surface area contributed by atoms with Crippen LogP contribution < -0.4 is 0 Å². The minimum atomic E-state index is 0.591. The molecule has 0 radical (unpaired) electrons. The highest BCUT2D eigenvalue weighted by atomic mass is 16.3. The van der Waals surface area contributed by atoms with Gasteiger partial charge in [-0.25, -0.2) is 15.0 Å². The van der Waals surface area contributed by atoms with Crippen molar-refractivity contribution in [2.24, 2.45) is 0 Å². The third-order valence-electron chi connectivity index (χ3n) is 10.6. The van der Waals surface area contributed by atoms with Crippen LogP contribution in [0.1, 0.15) is 0 Å². The van der Waals surface area contributed by atoms with Gasteiger partial charge in [-0.1, -0.05) is 146 Å². The van der Waals surface area contributed by atoms with Gasteiger partial charge in [0, 0.05) is 49.5 Å². The Balaban J connectivity index is 1.18. The molecule has 0 aliphatic rings. The minimum Gasteiger partial charge on any atom is -0.455 e. The lowest BCUT2D eigenvalue weighted by Crippen LogP contribution is -2.00. The molecule has 5 nitrogen and oxygen atoms in total. The molecule has 8 aromatic carbocycles. The van der Waals surface area contributed by atoms with Crippen molar-refractivity contribution in [3.05, 3.63) is 194 Å². The monoisotopic (exact) mass is 716 g/mol. The van der Waals surface area contributed by atoms with Gasteiger partial charge < -0.3 is 8.98 Å². The van der Waals surface area contributed by atoms with Crippen LogP contribution in [-0.4, -0.2) is 19.5 Å². The number of hydrogen-bond donors (Lipinski definition) is 0. The zero-order valence-corrected chi connectivity index (χ0v) is 30.2. The summed E-state index contributed by atoms with van der Waals surface area (Å²) in [4.78, 5) is 15.2. The first kappa shape index (κ1) is 31.9. The van der Waals surface area contributed by atoms with Crippen molar-refractivity contribution >= 4 is 43.7 Å². The molecule has 0 aliphatic carbocycles. The zero-order valence-electron chi connectivity index (χ0n) is 30.2. The molecule has 11 rings (SSSR count). The Hall–Kier alpha value is -7.63. The van der Waals surface area contributed by atoms with Crippen molar-refractivity contribution in [2.75, 3.05) is 0 Å². The molecule has 0 fully saturated rings. The molecule has 3 heterocycles. The fourth-order valence-corrected chi connectivity index (χ4v) is 8.05. The standard InChI is InChI=1S/C51H32N4O/c1-5-16-33(17-6-1)37-31-41(36-28-29-45-42(30-36)39-24-13-14-26-44(39)55(45)38-22-11-4-12-23-38)48-43(32-37)47-40(25-15-27-46(47)56-48)51-53-49(34-18-7-2-8-19-34)52-50(54-51)35-20-9-3-10-21-35/h1-32H. The van der Waals surface area contributed by atoms with E-state index in [9.17, 15) is 0 Å². The predicted molar refractivity (Wildman–Crippen MR) is 229 cm³/mol. The maximum atomic E-state index is 6.92. The molecule has 11 aromatic rings. The Morgan fingerprint density at radius 2 is 0.929 bits per heavy atom. The lowest BCUT2D eigenvalue weighted by molar-refractivity contribution is 0.670. The molecule has 0 unspecified atom stereocenters. The second-order valence-electron chi connectivity index (χ2n) is 14.0. The van der Waals surface area contributed by atoms with E-state index in [0.717, 1.165) is 72.1 Å². The van der Waals surface area contributed by atoms with Crippen molar-refractivity contribution in [2.45, 2.75) is 0 Å². The Morgan fingerprint density at radius 3 is 1.62 bits per heavy atom. The third-order valence-corrected chi connectivity index (χ3v) is 10.6. The lowest BCUT2D eigenvalue weighted by Gasteiger charge is -2.11. The van der Waals surface area contributed by atoms with Crippen molar-refractivity contribution < 1.29 is 4.42 Å². The van der Waals surface area contributed by atoms with Crippen molar-refractivity contribution in [1.29, 1.82) is 0 Å². The molecule has 56 heavy (non-hydrogen) atoms. The fraction of sp³-hybridized carbons (Fsp3) is 0. The zero-order chi connectivity index (χ0) is 37.0. The average molecular weight is 717 g/mol. The molecule has 0 bridgehead atoms. The van der Waals surface area contributed by atoms with Gasteiger partial charge in [0.25, 0.3) is 0 Å². The second kappa shape index (κ2) is 13.0. The molecule has 0 saturated heterocycles. The largest absolute Gasteiger partial charge is 0.455 e. The summed E-state index contributed by atoms with van der Waals surface area (Å²) in [6, 6.07) is 67.4. The van der Waals surface area contributed by atoms with E-state index in [1.54, 1.807) is 0 Å². The Bertz CT molecular complexity index is 3170. The molecule has 0 spiro atoms. The highest BCUT2D eigenvalue weighted by molar-refractivity contribution is 6.17. The van der Waals surface area contributed by atoms with E-state index in [1.807, 2.05) is 72.8 Å². The first-order chi connectivity index (χ1) is 27.8. The SMILES string of the molecule is c1ccc(-c2cc(-c3ccc4c(c3)c3ccccc3n4-c3ccccc3)c3oc4cccc(-c5nc(-c6ccccc6)nc(-c6ccccc6)n5)c4c3c2)cc1. The van der Waals surface area contributed by atoms with Gasteiger partial charge in [-0.2, -0.15) is 0 Å². The van der Waals surface area contributed by atoms with E-state index in [2.05, 4.69) is 126 Å². The molecule has 3 aromatic heterocycles. The second-order valence-corrected chi connectivity index (χ2v) is 14.0. The summed E-state index contributed by atoms with van der Waals surface area (Å²) in [5.41, 5.74) is 12.1. The third kappa shape index (κ3) is 5.29. The van der Waals surface area contributed by atoms with Crippen LogP contribution in [0.4, 0.5) is 0 Å². The van der Waals surface area contributed by atoms with Crippen LogP contribution in [-0.2, 0) is 0 Å². The van der Waals surface area contributed by atoms with Crippen molar-refractivity contribution in [1.82, 2.24) is 19.5 Å². The maximum Gasteiger partial charge on any atom is 0.164 e. The van der Waals surface area contributed by atoms with E-state index in [-0.39, 0.29) is 0 Å². The summed E-state index contributed by atoms with van der Waals surface area (Å²) >= 11 is 0. The topological polar surface area (TPSA) is 56.7 Å². The van der Waals surface area contributed by atoms with Gasteiger partial charge in [0.05, 0.1) is 11.0 Å². The molecule has 0 saturated carbocycles. The van der Waals surface area contributed by atoms with Gasteiger partial charge in [-0.15, -0.1) is 0 Å². The quantitative estimate of drug-likeness (QED) is 0.172. The van der Waals surface area contributed by atoms with Gasteiger partial charge in [0.2, 0.25) is 0 Å². The number of nitrogens with zero attached hydrogens (tertiary/aromatic N) is 4. The summed E-state index contributed by atoms with van der Waals surface area (Å²) in [6.45, 7) is 0. The maximum absolute atomic E-state index is 6.92. The van der Waals surface area contributed by atoms with Gasteiger partial charge >= 0.3 is 0 Å². The molecule has 5 heteroatoms. The summed E-state index contributed by atoms with van der Waals surface area (Å²) < 4.78 is 9.27. The first-order valence-electron chi connectivity index (χ1n) is 18.8. The average Bonchev–Trinajstić information content (AvgIpc) is 3.83. The van der Waals surface area contributed by atoms with Crippen molar-refractivity contribution in [3.63, 3.8) is 0 Å². The number of para-hydroxylation sites is 2. The van der Waals surface area contributed by atoms with E-state index >= 15 is 0 Å². The van der Waals surface area contributed by atoms with Gasteiger partial charge in [-0.05, 0) is 65.2 Å². The molecule has 0 amide bonds. The Morgan fingerprint density at radius 1 is 0.357 bits per heavy atom. The summed E-state index contributed by atoms with van der Waals surface area (Å²) in [6.07, 6.45) is 0. The minimum absolute atomic E-state index is 0.591. The summed E-state index contributed by atoms with van der Waals surface area (Å²) in [5, 5.41) is 4.35. The predicted octanol–water partition coefficient (Wildman–Crippen LogP) is 13.2. The van der Waals surface area contributed by atoms with Gasteiger partial charge in [0.1, 0.15) is 11.2 Å². The Labute approximate surface area is 322 Å². The van der Waals surface area contributed by atoms with Crippen LogP contribution in [0.25, 0.3) is 106 Å². The van der Waals surface area contributed by atoms with E-state index in [4.69, 9.17) is 19.4 Å². The normalized spacial score (nSPS) is 11.6. The van der Waals surface area contributed by atoms with E-state index in [0.29, 0.717) is 17.5 Å². The highest BCUT2D eigenvalue weighted by Crippen LogP contribution is 2.44. The highest BCUT2D eigenvalue weighted by Gasteiger charge is 2.22. The molecule has 262 valence electrons. The number of benzene rings is 8. The molecule has 0 N–H and O–H groups in total. The summed E-state index contributed by atoms with van der Waals surface area (Å²) in [7, 11) is 0. The lowest BCUT2D eigenvalue weighted by atomic mass is 9.94. The van der Waals surface area contributed by atoms with Crippen LogP contribution >= 0.6 is 0 Å². The van der Waals surface area contributed by atoms with Crippen LogP contribution in [0.2, 0.25) is 0 Å². The number of furan rings is 1. The van der Waals surface area contributed by atoms with Crippen LogP contribution in [0.5, 0.6) is 0 Å². The number of rotatable bonds is 6. The molecule has 0 aliphatic heterocycles. The van der Waals surface area contributed by atoms with Gasteiger partial charge in [0.15, 0.2) is 17.5 Å². The smallest absolute Gasteiger partial charge is 0.164 e. The molecular formula is C51H32N4O. The number of hydrogen-bond acceptors (Lipinski definition) is 4. The van der Waals surface area contributed by atoms with E-state index in [1.165, 1.54) is 16.3 Å². The van der Waals surface area contributed by atoms with Crippen molar-refractivity contribution in [3.8, 4) is 62.1 Å². The number of aromatic nitrogens is 4. The number of fused-ring (bicyclic) bond motifs is 6. The fourth-order valence-electron chi connectivity index (χ4n) is 8.05. The van der Waals surface area contributed by atoms with E-state index < -0.39 is 0 Å². The van der Waals surface area contributed by atoms with Crippen LogP contribution in [0.15, 0.2) is 199 Å². The van der Waals surface area contributed by atoms with Gasteiger partial charge in [-0.3, -0.25) is 0 Å². The van der Waals surface area contributed by atoms with Crippen LogP contribution in [0.3, 0.4) is 0 Å². The first-order valence-corrected chi connectivity index (χ1v) is 18.8. The molecular weight excluding hydrogens is 685 g/mol. The Kier molecular flexibility index (Phi) is 7.42. The summed E-state index contributed by atoms with van der Waals surface area (Å²) in [5.74, 6) is 1.83. The van der Waals surface area contributed by atoms with Crippen LogP contribution in [0, 0.1) is 0 Å². The molecule has 0 atom stereocenters.